The van der Waals surface area contributed by atoms with E-state index in [9.17, 15) is 4.79 Å². The molecule has 2 amide bonds. The molecule has 4 rings (SSSR count). The molecule has 1 aliphatic heterocycles. The van der Waals surface area contributed by atoms with Crippen LogP contribution in [0.4, 0.5) is 10.5 Å². The lowest BCUT2D eigenvalue weighted by Gasteiger charge is -2.36. The number of hydrogen-bond donors (Lipinski definition) is 3. The van der Waals surface area contributed by atoms with Gasteiger partial charge in [0.25, 0.3) is 0 Å². The molecule has 1 saturated heterocycles. The number of carbonyl (C=O) groups excluding carboxylic acids is 1. The Hall–Kier alpha value is -3.08. The zero-order valence-corrected chi connectivity index (χ0v) is 17.8. The van der Waals surface area contributed by atoms with Gasteiger partial charge >= 0.3 is 6.03 Å². The van der Waals surface area contributed by atoms with Gasteiger partial charge in [-0.2, -0.15) is 5.26 Å². The Morgan fingerprint density at radius 2 is 2.03 bits per heavy atom. The molecule has 0 unspecified atom stereocenters. The predicted octanol–water partition coefficient (Wildman–Crippen LogP) is 4.12. The number of carbonyl (C=O) groups is 1. The third kappa shape index (κ3) is 4.73. The van der Waals surface area contributed by atoms with Crippen molar-refractivity contribution in [2.24, 2.45) is 0 Å². The van der Waals surface area contributed by atoms with E-state index in [0.717, 1.165) is 36.2 Å². The van der Waals surface area contributed by atoms with Crippen LogP contribution in [0.15, 0.2) is 42.5 Å². The maximum atomic E-state index is 12.4. The summed E-state index contributed by atoms with van der Waals surface area (Å²) in [5.74, 6) is 0.937. The van der Waals surface area contributed by atoms with Crippen molar-refractivity contribution in [3.05, 3.63) is 59.4 Å². The lowest BCUT2D eigenvalue weighted by atomic mass is 9.97. The van der Waals surface area contributed by atoms with Crippen molar-refractivity contribution >= 4 is 35.2 Å². The monoisotopic (exact) mass is 424 g/mol. The first-order valence-electron chi connectivity index (χ1n) is 9.76. The molecule has 2 heterocycles. The summed E-state index contributed by atoms with van der Waals surface area (Å²) in [7, 11) is 2.09. The van der Waals surface area contributed by atoms with Crippen LogP contribution in [0.5, 0.6) is 0 Å². The number of amides is 2. The number of urea groups is 1. The zero-order valence-electron chi connectivity index (χ0n) is 17.0. The van der Waals surface area contributed by atoms with E-state index in [1.54, 1.807) is 24.3 Å². The van der Waals surface area contributed by atoms with Crippen molar-refractivity contribution < 1.29 is 4.79 Å². The lowest BCUT2D eigenvalue weighted by molar-refractivity contribution is 0.153. The number of nitrogens with zero attached hydrogens (tertiary/aromatic N) is 3. The van der Waals surface area contributed by atoms with Crippen LogP contribution >= 0.6 is 12.4 Å². The Labute approximate surface area is 181 Å². The van der Waals surface area contributed by atoms with Gasteiger partial charge in [0.05, 0.1) is 28.7 Å². The van der Waals surface area contributed by atoms with Gasteiger partial charge in [0.15, 0.2) is 0 Å². The van der Waals surface area contributed by atoms with Gasteiger partial charge in [0.2, 0.25) is 0 Å². The number of aryl methyl sites for hydroxylation is 1. The molecule has 0 radical (unpaired) electrons. The number of piperidine rings is 1. The van der Waals surface area contributed by atoms with Crippen molar-refractivity contribution in [2.45, 2.75) is 31.8 Å². The molecule has 1 aromatic heterocycles. The van der Waals surface area contributed by atoms with Crippen LogP contribution in [-0.2, 0) is 0 Å². The van der Waals surface area contributed by atoms with Gasteiger partial charge in [0.1, 0.15) is 5.82 Å². The quantitative estimate of drug-likeness (QED) is 0.589. The second kappa shape index (κ2) is 9.16. The molecule has 0 aliphatic carbocycles. The maximum absolute atomic E-state index is 12.4. The SMILES string of the molecule is Cc1ccc2[nH]c([C@H]3C[C@H](NC(=O)Nc4ccc(C#N)cc4)CCN3C)nc2c1.Cl. The average molecular weight is 425 g/mol. The van der Waals surface area contributed by atoms with Crippen LogP contribution in [0.25, 0.3) is 11.0 Å². The normalized spacial score (nSPS) is 19.0. The van der Waals surface area contributed by atoms with Crippen LogP contribution in [0.1, 0.15) is 35.8 Å². The third-order valence-corrected chi connectivity index (χ3v) is 5.45. The first-order valence-corrected chi connectivity index (χ1v) is 9.76. The van der Waals surface area contributed by atoms with Gasteiger partial charge in [0, 0.05) is 18.3 Å². The van der Waals surface area contributed by atoms with E-state index < -0.39 is 0 Å². The fraction of sp³-hybridized carbons (Fsp3) is 0.318. The van der Waals surface area contributed by atoms with Crippen LogP contribution in [0.3, 0.4) is 0 Å². The highest BCUT2D eigenvalue weighted by Crippen LogP contribution is 2.29. The first-order chi connectivity index (χ1) is 14.0. The summed E-state index contributed by atoms with van der Waals surface area (Å²) in [6.07, 6.45) is 1.67. The number of aromatic amines is 1. The fourth-order valence-electron chi connectivity index (χ4n) is 3.81. The maximum Gasteiger partial charge on any atom is 0.319 e. The van der Waals surface area contributed by atoms with Crippen molar-refractivity contribution in [3.63, 3.8) is 0 Å². The van der Waals surface area contributed by atoms with Crippen LogP contribution < -0.4 is 10.6 Å². The van der Waals surface area contributed by atoms with Crippen LogP contribution in [0.2, 0.25) is 0 Å². The van der Waals surface area contributed by atoms with E-state index >= 15 is 0 Å². The summed E-state index contributed by atoms with van der Waals surface area (Å²) in [4.78, 5) is 22.9. The highest BCUT2D eigenvalue weighted by atomic mass is 35.5. The molecular weight excluding hydrogens is 400 g/mol. The Kier molecular flexibility index (Phi) is 6.60. The number of fused-ring (bicyclic) bond motifs is 1. The van der Waals surface area contributed by atoms with E-state index in [1.807, 2.05) is 0 Å². The minimum atomic E-state index is -0.233. The number of anilines is 1. The van der Waals surface area contributed by atoms with Gasteiger partial charge in [-0.1, -0.05) is 6.07 Å². The molecule has 156 valence electrons. The molecule has 8 heteroatoms. The number of nitriles is 1. The fourth-order valence-corrected chi connectivity index (χ4v) is 3.81. The predicted molar refractivity (Wildman–Crippen MR) is 120 cm³/mol. The summed E-state index contributed by atoms with van der Waals surface area (Å²) in [6, 6.07) is 15.1. The van der Waals surface area contributed by atoms with Crippen molar-refractivity contribution in [1.29, 1.82) is 5.26 Å². The highest BCUT2D eigenvalue weighted by molar-refractivity contribution is 5.89. The molecule has 3 aromatic rings. The van der Waals surface area contributed by atoms with E-state index in [1.165, 1.54) is 5.56 Å². The second-order valence-electron chi connectivity index (χ2n) is 7.65. The molecule has 30 heavy (non-hydrogen) atoms. The van der Waals surface area contributed by atoms with Crippen molar-refractivity contribution in [1.82, 2.24) is 20.2 Å². The van der Waals surface area contributed by atoms with Gasteiger partial charge in [-0.25, -0.2) is 9.78 Å². The molecule has 1 fully saturated rings. The summed E-state index contributed by atoms with van der Waals surface area (Å²) in [6.45, 7) is 2.94. The molecule has 1 aliphatic rings. The summed E-state index contributed by atoms with van der Waals surface area (Å²) in [5.41, 5.74) is 4.43. The van der Waals surface area contributed by atoms with E-state index in [2.05, 4.69) is 58.8 Å². The Morgan fingerprint density at radius 3 is 2.77 bits per heavy atom. The molecule has 2 aromatic carbocycles. The molecule has 2 atom stereocenters. The number of H-pyrrole nitrogens is 1. The molecule has 7 nitrogen and oxygen atoms in total. The Morgan fingerprint density at radius 1 is 1.27 bits per heavy atom. The smallest absolute Gasteiger partial charge is 0.319 e. The zero-order chi connectivity index (χ0) is 20.4. The highest BCUT2D eigenvalue weighted by Gasteiger charge is 2.30. The number of imidazole rings is 1. The number of benzene rings is 2. The van der Waals surface area contributed by atoms with Crippen molar-refractivity contribution in [3.8, 4) is 6.07 Å². The summed E-state index contributed by atoms with van der Waals surface area (Å²) >= 11 is 0. The second-order valence-corrected chi connectivity index (χ2v) is 7.65. The largest absolute Gasteiger partial charge is 0.341 e. The number of likely N-dealkylation sites (tertiary alicyclic amines) is 1. The lowest BCUT2D eigenvalue weighted by Crippen LogP contribution is -2.46. The van der Waals surface area contributed by atoms with Crippen molar-refractivity contribution in [2.75, 3.05) is 18.9 Å². The standard InChI is InChI=1S/C22H24N6O.ClH/c1-14-3-8-18-19(11-14)27-21(26-18)20-12-17(9-10-28(20)2)25-22(29)24-16-6-4-15(13-23)5-7-16;/h3-8,11,17,20H,9-10,12H2,1-2H3,(H,26,27)(H2,24,25,29);1H/t17-,20-;/m1./s1. The van der Waals surface area contributed by atoms with E-state index in [0.29, 0.717) is 11.3 Å². The minimum absolute atomic E-state index is 0. The molecule has 0 saturated carbocycles. The molecule has 0 spiro atoms. The number of rotatable bonds is 3. The van der Waals surface area contributed by atoms with Crippen LogP contribution in [-0.4, -0.2) is 40.5 Å². The molecular formula is C22H25ClN6O. The molecule has 3 N–H and O–H groups in total. The number of aromatic nitrogens is 2. The number of halogens is 1. The third-order valence-electron chi connectivity index (χ3n) is 5.45. The van der Waals surface area contributed by atoms with Crippen LogP contribution in [0, 0.1) is 18.3 Å². The number of hydrogen-bond acceptors (Lipinski definition) is 4. The number of nitrogens with one attached hydrogen (secondary N) is 3. The summed E-state index contributed by atoms with van der Waals surface area (Å²) in [5, 5.41) is 14.8. The van der Waals surface area contributed by atoms with Gasteiger partial charge in [-0.15, -0.1) is 12.4 Å². The average Bonchev–Trinajstić information content (AvgIpc) is 3.13. The Balaban J connectivity index is 0.00000256. The summed E-state index contributed by atoms with van der Waals surface area (Å²) < 4.78 is 0. The van der Waals surface area contributed by atoms with E-state index in [-0.39, 0.29) is 30.5 Å². The first kappa shape index (κ1) is 21.6. The van der Waals surface area contributed by atoms with E-state index in [4.69, 9.17) is 10.2 Å². The van der Waals surface area contributed by atoms with Gasteiger partial charge in [-0.3, -0.25) is 4.90 Å². The van der Waals surface area contributed by atoms with Gasteiger partial charge in [-0.05, 0) is 68.8 Å². The Bertz CT molecular complexity index is 1070. The topological polar surface area (TPSA) is 96.8 Å². The minimum Gasteiger partial charge on any atom is -0.341 e. The van der Waals surface area contributed by atoms with Gasteiger partial charge < -0.3 is 15.6 Å². The molecule has 0 bridgehead atoms.